The molecule has 2 N–H and O–H groups in total. The molecule has 1 heterocycles. The van der Waals surface area contributed by atoms with Crippen LogP contribution in [-0.2, 0) is 20.9 Å². The topological polar surface area (TPSA) is 115 Å². The zero-order valence-electron chi connectivity index (χ0n) is 16.4. The second-order valence-electron chi connectivity index (χ2n) is 6.42. The van der Waals surface area contributed by atoms with Gasteiger partial charge in [-0.1, -0.05) is 23.9 Å². The molecule has 1 aromatic heterocycles. The Balaban J connectivity index is 1.77. The van der Waals surface area contributed by atoms with Gasteiger partial charge in [0, 0.05) is 32.4 Å². The Kier molecular flexibility index (Phi) is 7.86. The lowest BCUT2D eigenvalue weighted by Crippen LogP contribution is -2.28. The fraction of sp³-hybridized carbons (Fsp3) is 0.300. The summed E-state index contributed by atoms with van der Waals surface area (Å²) < 4.78 is 4.95. The molecule has 0 spiro atoms. The van der Waals surface area contributed by atoms with Crippen LogP contribution < -0.4 is 15.8 Å². The molecule has 0 saturated carbocycles. The summed E-state index contributed by atoms with van der Waals surface area (Å²) in [4.78, 5) is 39.8. The number of rotatable bonds is 8. The van der Waals surface area contributed by atoms with Crippen LogP contribution in [0.3, 0.4) is 0 Å². The lowest BCUT2D eigenvalue weighted by molar-refractivity contribution is -0.145. The minimum atomic E-state index is -0.619. The zero-order valence-corrected chi connectivity index (χ0v) is 17.3. The average molecular weight is 414 g/mol. The highest BCUT2D eigenvalue weighted by Gasteiger charge is 2.12. The number of thioether (sulfide) groups is 1. The molecule has 2 rings (SSSR count). The number of benzene rings is 1. The molecule has 1 aromatic carbocycles. The Bertz CT molecular complexity index is 977. The largest absolute Gasteiger partial charge is 0.455 e. The molecular formula is C20H22N4O4S. The molecule has 0 bridgehead atoms. The van der Waals surface area contributed by atoms with Crippen molar-refractivity contribution in [1.29, 1.82) is 5.26 Å². The molecular weight excluding hydrogens is 392 g/mol. The zero-order chi connectivity index (χ0) is 21.4. The van der Waals surface area contributed by atoms with Crippen molar-refractivity contribution in [2.24, 2.45) is 0 Å². The van der Waals surface area contributed by atoms with E-state index < -0.39 is 18.5 Å². The van der Waals surface area contributed by atoms with Crippen molar-refractivity contribution in [3.63, 3.8) is 0 Å². The molecule has 0 saturated heterocycles. The first-order valence-electron chi connectivity index (χ1n) is 8.75. The Morgan fingerprint density at radius 1 is 1.28 bits per heavy atom. The number of amides is 1. The van der Waals surface area contributed by atoms with Crippen molar-refractivity contribution in [1.82, 2.24) is 10.3 Å². The van der Waals surface area contributed by atoms with E-state index in [1.807, 2.05) is 49.3 Å². The van der Waals surface area contributed by atoms with E-state index in [2.05, 4.69) is 10.3 Å². The van der Waals surface area contributed by atoms with Crippen molar-refractivity contribution in [2.75, 3.05) is 31.4 Å². The molecule has 152 valence electrons. The van der Waals surface area contributed by atoms with Gasteiger partial charge in [-0.3, -0.25) is 14.4 Å². The van der Waals surface area contributed by atoms with Gasteiger partial charge >= 0.3 is 5.97 Å². The molecule has 8 nitrogen and oxygen atoms in total. The molecule has 0 atom stereocenters. The summed E-state index contributed by atoms with van der Waals surface area (Å²) in [5, 5.41) is 12.2. The Morgan fingerprint density at radius 3 is 2.59 bits per heavy atom. The van der Waals surface area contributed by atoms with E-state index in [0.29, 0.717) is 22.7 Å². The quantitative estimate of drug-likeness (QED) is 0.498. The number of carbonyl (C=O) groups is 2. The van der Waals surface area contributed by atoms with Gasteiger partial charge in [-0.2, -0.15) is 5.26 Å². The molecule has 0 fully saturated rings. The van der Waals surface area contributed by atoms with Gasteiger partial charge in [-0.05, 0) is 30.2 Å². The number of hydrogen-bond acceptors (Lipinski definition) is 7. The van der Waals surface area contributed by atoms with Crippen LogP contribution in [0.5, 0.6) is 0 Å². The summed E-state index contributed by atoms with van der Waals surface area (Å²) in [5.41, 5.74) is 2.47. The maximum atomic E-state index is 11.9. The van der Waals surface area contributed by atoms with Gasteiger partial charge in [-0.25, -0.2) is 0 Å². The van der Waals surface area contributed by atoms with E-state index in [1.165, 1.54) is 6.07 Å². The number of aromatic amines is 1. The number of nitrogens with zero attached hydrogens (tertiary/aromatic N) is 2. The first kappa shape index (κ1) is 22.0. The standard InChI is InChI=1S/C20H22N4O4S/c1-13-8-17(25)23-20(16(13)9-21)29-12-19(27)28-11-18(26)22-10-14-4-6-15(7-5-14)24(2)3/h4-8H,10-12H2,1-3H3,(H,22,26)(H,23,25). The predicted octanol–water partition coefficient (Wildman–Crippen LogP) is 1.57. The fourth-order valence-electron chi connectivity index (χ4n) is 2.39. The molecule has 0 aliphatic rings. The van der Waals surface area contributed by atoms with E-state index in [1.54, 1.807) is 6.92 Å². The summed E-state index contributed by atoms with van der Waals surface area (Å²) in [6.07, 6.45) is 0. The van der Waals surface area contributed by atoms with Crippen molar-refractivity contribution >= 4 is 29.3 Å². The third-order valence-corrected chi connectivity index (χ3v) is 4.93. The second-order valence-corrected chi connectivity index (χ2v) is 7.41. The van der Waals surface area contributed by atoms with Gasteiger partial charge in [-0.15, -0.1) is 0 Å². The normalized spacial score (nSPS) is 10.1. The number of ether oxygens (including phenoxy) is 1. The second kappa shape index (κ2) is 10.3. The number of nitriles is 1. The van der Waals surface area contributed by atoms with E-state index in [0.717, 1.165) is 23.0 Å². The summed E-state index contributed by atoms with van der Waals surface area (Å²) in [5.74, 6) is -1.17. The number of anilines is 1. The number of aromatic nitrogens is 1. The summed E-state index contributed by atoms with van der Waals surface area (Å²) in [6.45, 7) is 1.58. The number of esters is 1. The van der Waals surface area contributed by atoms with Gasteiger partial charge in [0.25, 0.3) is 5.91 Å². The van der Waals surface area contributed by atoms with Gasteiger partial charge in [0.1, 0.15) is 6.07 Å². The van der Waals surface area contributed by atoms with Crippen molar-refractivity contribution < 1.29 is 14.3 Å². The van der Waals surface area contributed by atoms with Crippen LogP contribution >= 0.6 is 11.8 Å². The molecule has 9 heteroatoms. The summed E-state index contributed by atoms with van der Waals surface area (Å²) in [7, 11) is 3.89. The lowest BCUT2D eigenvalue weighted by atomic mass is 10.2. The van der Waals surface area contributed by atoms with Crippen molar-refractivity contribution in [3.8, 4) is 6.07 Å². The van der Waals surface area contributed by atoms with Crippen LogP contribution in [0.1, 0.15) is 16.7 Å². The fourth-order valence-corrected chi connectivity index (χ4v) is 3.26. The van der Waals surface area contributed by atoms with E-state index in [-0.39, 0.29) is 11.3 Å². The van der Waals surface area contributed by atoms with Crippen LogP contribution in [-0.4, -0.2) is 43.3 Å². The SMILES string of the molecule is Cc1cc(=O)[nH]c(SCC(=O)OCC(=O)NCc2ccc(N(C)C)cc2)c1C#N. The van der Waals surface area contributed by atoms with Crippen LogP contribution in [0.15, 0.2) is 40.2 Å². The van der Waals surface area contributed by atoms with Crippen LogP contribution in [0.4, 0.5) is 5.69 Å². The Morgan fingerprint density at radius 2 is 1.97 bits per heavy atom. The van der Waals surface area contributed by atoms with E-state index >= 15 is 0 Å². The number of aryl methyl sites for hydroxylation is 1. The van der Waals surface area contributed by atoms with Gasteiger partial charge in [0.15, 0.2) is 6.61 Å². The first-order chi connectivity index (χ1) is 13.8. The molecule has 0 unspecified atom stereocenters. The smallest absolute Gasteiger partial charge is 0.316 e. The molecule has 0 aliphatic carbocycles. The molecule has 29 heavy (non-hydrogen) atoms. The highest BCUT2D eigenvalue weighted by Crippen LogP contribution is 2.20. The van der Waals surface area contributed by atoms with Crippen LogP contribution in [0.25, 0.3) is 0 Å². The lowest BCUT2D eigenvalue weighted by Gasteiger charge is -2.13. The van der Waals surface area contributed by atoms with Crippen molar-refractivity contribution in [3.05, 3.63) is 57.4 Å². The minimum absolute atomic E-state index is 0.132. The van der Waals surface area contributed by atoms with Gasteiger partial charge < -0.3 is 19.9 Å². The van der Waals surface area contributed by atoms with Gasteiger partial charge in [0.05, 0.1) is 16.3 Å². The maximum absolute atomic E-state index is 11.9. The third kappa shape index (κ3) is 6.69. The number of pyridine rings is 1. The minimum Gasteiger partial charge on any atom is -0.455 e. The van der Waals surface area contributed by atoms with E-state index in [9.17, 15) is 14.4 Å². The molecule has 2 aromatic rings. The number of hydrogen-bond donors (Lipinski definition) is 2. The molecule has 0 aliphatic heterocycles. The number of nitrogens with one attached hydrogen (secondary N) is 2. The summed E-state index contributed by atoms with van der Waals surface area (Å²) >= 11 is 0.985. The van der Waals surface area contributed by atoms with E-state index in [4.69, 9.17) is 10.00 Å². The number of carbonyl (C=O) groups excluding carboxylic acids is 2. The molecule has 0 radical (unpaired) electrons. The maximum Gasteiger partial charge on any atom is 0.316 e. The Labute approximate surface area is 172 Å². The van der Waals surface area contributed by atoms with Crippen LogP contribution in [0, 0.1) is 18.3 Å². The third-order valence-electron chi connectivity index (χ3n) is 3.96. The highest BCUT2D eigenvalue weighted by molar-refractivity contribution is 7.99. The molecule has 1 amide bonds. The average Bonchev–Trinajstić information content (AvgIpc) is 2.69. The highest BCUT2D eigenvalue weighted by atomic mass is 32.2. The number of H-pyrrole nitrogens is 1. The first-order valence-corrected chi connectivity index (χ1v) is 9.74. The predicted molar refractivity (Wildman–Crippen MR) is 111 cm³/mol. The van der Waals surface area contributed by atoms with Crippen LogP contribution in [0.2, 0.25) is 0 Å². The summed E-state index contributed by atoms with van der Waals surface area (Å²) in [6, 6.07) is 11.0. The monoisotopic (exact) mass is 414 g/mol. The Hall–Kier alpha value is -3.25. The van der Waals surface area contributed by atoms with Crippen molar-refractivity contribution in [2.45, 2.75) is 18.5 Å². The van der Waals surface area contributed by atoms with Gasteiger partial charge in [0.2, 0.25) is 5.56 Å².